The molecular weight excluding hydrogens is 1020 g/mol. The predicted molar refractivity (Wildman–Crippen MR) is 342 cm³/mol. The lowest BCUT2D eigenvalue weighted by Crippen LogP contribution is -2.33. The van der Waals surface area contributed by atoms with Gasteiger partial charge in [-0.15, -0.1) is 0 Å². The maximum atomic E-state index is 7.27. The normalized spacial score (nSPS) is 16.6. The number of nitrogens with zero attached hydrogens (tertiary/aromatic N) is 2. The van der Waals surface area contributed by atoms with Gasteiger partial charge >= 0.3 is 0 Å². The fourth-order valence-corrected chi connectivity index (χ4v) is 16.9. The van der Waals surface area contributed by atoms with Crippen molar-refractivity contribution in [3.8, 4) is 50.9 Å². The monoisotopic (exact) mass is 1080 g/mol. The maximum Gasteiger partial charge on any atom is 0.132 e. The Balaban J connectivity index is 0.936. The second kappa shape index (κ2) is 18.6. The van der Waals surface area contributed by atoms with Crippen molar-refractivity contribution >= 4 is 38.9 Å². The van der Waals surface area contributed by atoms with Crippen LogP contribution in [0.25, 0.3) is 49.7 Å². The van der Waals surface area contributed by atoms with Crippen LogP contribution in [0.1, 0.15) is 132 Å². The largest absolute Gasteiger partial charge is 0.457 e. The van der Waals surface area contributed by atoms with Crippen LogP contribution >= 0.6 is 0 Å². The van der Waals surface area contributed by atoms with E-state index in [1.54, 1.807) is 0 Å². The number of rotatable bonds is 6. The van der Waals surface area contributed by atoms with E-state index in [4.69, 9.17) is 9.47 Å². The molecule has 0 unspecified atom stereocenters. The first-order chi connectivity index (χ1) is 41.7. The van der Waals surface area contributed by atoms with E-state index in [1.807, 2.05) is 0 Å². The summed E-state index contributed by atoms with van der Waals surface area (Å²) >= 11 is 0. The summed E-state index contributed by atoms with van der Waals surface area (Å²) in [5, 5.41) is 2.47. The predicted octanol–water partition coefficient (Wildman–Crippen LogP) is 21.3. The van der Waals surface area contributed by atoms with Crippen molar-refractivity contribution in [2.75, 3.05) is 4.90 Å². The van der Waals surface area contributed by atoms with Crippen molar-refractivity contribution in [3.05, 3.63) is 298 Å². The second-order valence-electron chi connectivity index (χ2n) is 24.6. The Morgan fingerprint density at radius 2 is 0.726 bits per heavy atom. The Bertz CT molecular complexity index is 4520. The quantitative estimate of drug-likeness (QED) is 0.166. The van der Waals surface area contributed by atoms with Gasteiger partial charge in [0.1, 0.15) is 23.0 Å². The highest BCUT2D eigenvalue weighted by Crippen LogP contribution is 2.66. The summed E-state index contributed by atoms with van der Waals surface area (Å²) in [6.07, 6.45) is 12.7. The number of para-hydroxylation sites is 6. The minimum Gasteiger partial charge on any atom is -0.457 e. The van der Waals surface area contributed by atoms with Gasteiger partial charge in [-0.2, -0.15) is 0 Å². The van der Waals surface area contributed by atoms with Gasteiger partial charge in [0.05, 0.1) is 33.2 Å². The maximum absolute atomic E-state index is 7.27. The molecule has 0 bridgehead atoms. The lowest BCUT2D eigenvalue weighted by molar-refractivity contribution is 0.424. The summed E-state index contributed by atoms with van der Waals surface area (Å²) in [5.74, 6) is 4.72. The molecule has 84 heavy (non-hydrogen) atoms. The average Bonchev–Trinajstić information content (AvgIpc) is 1.59. The smallest absolute Gasteiger partial charge is 0.132 e. The van der Waals surface area contributed by atoms with E-state index in [9.17, 15) is 0 Å². The molecule has 12 aromatic rings. The molecule has 2 spiro atoms. The summed E-state index contributed by atoms with van der Waals surface area (Å²) in [4.78, 5) is 2.59. The number of benzene rings is 11. The van der Waals surface area contributed by atoms with Crippen LogP contribution in [0.5, 0.6) is 23.0 Å². The minimum atomic E-state index is -0.669. The Kier molecular flexibility index (Phi) is 10.6. The van der Waals surface area contributed by atoms with E-state index in [0.29, 0.717) is 11.8 Å². The van der Waals surface area contributed by atoms with Crippen molar-refractivity contribution in [2.24, 2.45) is 0 Å². The van der Waals surface area contributed by atoms with Gasteiger partial charge < -0.3 is 18.9 Å². The molecule has 2 saturated carbocycles. The van der Waals surface area contributed by atoms with Gasteiger partial charge in [-0.1, -0.05) is 208 Å². The SMILES string of the molecule is c1ccc2c(c1)Oc1ccccc1C21c2ccccc2-c2ccc(N(c3ccc4c(c3)C3(c5cc(C6CCCCC6)ccc5Oc5ccc(C6CCCCC6)cc53)c3ccccc3-4)c3ccccc3-n3c4ccccc4c4ccccc43)cc21. The zero-order chi connectivity index (χ0) is 55.1. The van der Waals surface area contributed by atoms with Crippen molar-refractivity contribution in [3.63, 3.8) is 0 Å². The molecule has 0 saturated heterocycles. The van der Waals surface area contributed by atoms with E-state index >= 15 is 0 Å². The third-order valence-corrected chi connectivity index (χ3v) is 20.5. The average molecular weight is 1080 g/mol. The molecule has 4 aliphatic carbocycles. The van der Waals surface area contributed by atoms with Crippen LogP contribution in [0.3, 0.4) is 0 Å². The Morgan fingerprint density at radius 3 is 1.25 bits per heavy atom. The van der Waals surface area contributed by atoms with Gasteiger partial charge in [0.2, 0.25) is 0 Å². The zero-order valence-corrected chi connectivity index (χ0v) is 47.0. The molecule has 0 N–H and O–H groups in total. The molecule has 2 aliphatic heterocycles. The summed E-state index contributed by atoms with van der Waals surface area (Å²) in [6.45, 7) is 0. The lowest BCUT2D eigenvalue weighted by atomic mass is 9.64. The van der Waals surface area contributed by atoms with E-state index in [1.165, 1.54) is 153 Å². The third kappa shape index (κ3) is 6.71. The van der Waals surface area contributed by atoms with Gasteiger partial charge in [-0.05, 0) is 166 Å². The molecule has 1 aromatic heterocycles. The number of aromatic nitrogens is 1. The van der Waals surface area contributed by atoms with Crippen molar-refractivity contribution in [2.45, 2.75) is 86.9 Å². The van der Waals surface area contributed by atoms with Crippen LogP contribution in [0.4, 0.5) is 17.1 Å². The highest BCUT2D eigenvalue weighted by atomic mass is 16.5. The molecule has 6 aliphatic rings. The minimum absolute atomic E-state index is 0.523. The molecule has 0 amide bonds. The Hall–Kier alpha value is -9.38. The van der Waals surface area contributed by atoms with Crippen molar-refractivity contribution < 1.29 is 9.47 Å². The topological polar surface area (TPSA) is 26.6 Å². The summed E-state index contributed by atoms with van der Waals surface area (Å²) in [7, 11) is 0. The number of fused-ring (bicyclic) bond motifs is 21. The first kappa shape index (κ1) is 48.2. The Labute approximate surface area is 491 Å². The highest BCUT2D eigenvalue weighted by molar-refractivity contribution is 6.10. The fraction of sp³-hybridized carbons (Fsp3) is 0.175. The van der Waals surface area contributed by atoms with Crippen LogP contribution in [0.15, 0.2) is 243 Å². The number of ether oxygens (including phenoxy) is 2. The van der Waals surface area contributed by atoms with Gasteiger partial charge in [0.25, 0.3) is 0 Å². The standard InChI is InChI=1S/C80H62N2O2/c1-3-21-51(22-4-1)53-39-45-77-69(47-53)80(70-48-54(40-46-78(70)84-77)52-23-5-2-6-24-52)64-30-12-8-26-58(64)60-44-42-56(50-68(60)80)81(73-35-17-18-36-74(73)82-71-33-15-9-27-61(71)62-28-10-16-34-72(62)82)55-41-43-59-57-25-7-11-29-63(57)79(67(59)49-55)65-31-13-19-37-75(65)83-76-38-20-14-32-66(76)79/h7-20,25-52H,1-6,21-24H2. The van der Waals surface area contributed by atoms with Gasteiger partial charge in [-0.3, -0.25) is 0 Å². The molecular formula is C80H62N2O2. The number of hydrogen-bond acceptors (Lipinski definition) is 3. The fourth-order valence-electron chi connectivity index (χ4n) is 16.9. The van der Waals surface area contributed by atoms with E-state index in [-0.39, 0.29) is 0 Å². The summed E-state index contributed by atoms with van der Waals surface area (Å²) < 4.78 is 16.6. The summed E-state index contributed by atoms with van der Waals surface area (Å²) in [6, 6.07) is 92.2. The molecule has 404 valence electrons. The van der Waals surface area contributed by atoms with Crippen LogP contribution in [0, 0.1) is 0 Å². The lowest BCUT2D eigenvalue weighted by Gasteiger charge is -2.41. The zero-order valence-electron chi connectivity index (χ0n) is 47.0. The number of anilines is 3. The Morgan fingerprint density at radius 1 is 0.321 bits per heavy atom. The van der Waals surface area contributed by atoms with Crippen LogP contribution < -0.4 is 14.4 Å². The molecule has 11 aromatic carbocycles. The van der Waals surface area contributed by atoms with Crippen molar-refractivity contribution in [1.82, 2.24) is 4.57 Å². The molecule has 4 nitrogen and oxygen atoms in total. The van der Waals surface area contributed by atoms with Crippen molar-refractivity contribution in [1.29, 1.82) is 0 Å². The first-order valence-electron chi connectivity index (χ1n) is 30.9. The van der Waals surface area contributed by atoms with Gasteiger partial charge in [0, 0.05) is 44.4 Å². The van der Waals surface area contributed by atoms with Gasteiger partial charge in [-0.25, -0.2) is 0 Å². The molecule has 18 rings (SSSR count). The molecule has 0 radical (unpaired) electrons. The highest BCUT2D eigenvalue weighted by Gasteiger charge is 2.54. The molecule has 0 atom stereocenters. The van der Waals surface area contributed by atoms with Crippen LogP contribution in [-0.2, 0) is 10.8 Å². The second-order valence-corrected chi connectivity index (χ2v) is 24.6. The van der Waals surface area contributed by atoms with E-state index < -0.39 is 10.8 Å². The van der Waals surface area contributed by atoms with E-state index in [0.717, 1.165) is 56.9 Å². The van der Waals surface area contributed by atoms with E-state index in [2.05, 4.69) is 252 Å². The molecule has 4 heteroatoms. The number of hydrogen-bond donors (Lipinski definition) is 0. The first-order valence-corrected chi connectivity index (χ1v) is 30.9. The van der Waals surface area contributed by atoms with Gasteiger partial charge in [0.15, 0.2) is 0 Å². The third-order valence-electron chi connectivity index (χ3n) is 20.5. The summed E-state index contributed by atoms with van der Waals surface area (Å²) in [5.41, 5.74) is 23.2. The molecule has 3 heterocycles. The van der Waals surface area contributed by atoms with Crippen LogP contribution in [0.2, 0.25) is 0 Å². The molecule has 2 fully saturated rings. The van der Waals surface area contributed by atoms with Crippen LogP contribution in [-0.4, -0.2) is 4.57 Å².